The number of pyridine rings is 1. The lowest BCUT2D eigenvalue weighted by Gasteiger charge is -2.17. The molecular formula is C17H21ClN4O5S. The largest absolute Gasteiger partial charge is 0.494 e. The van der Waals surface area contributed by atoms with Crippen molar-refractivity contribution in [2.75, 3.05) is 29.7 Å². The van der Waals surface area contributed by atoms with Gasteiger partial charge in [-0.05, 0) is 32.0 Å². The highest BCUT2D eigenvalue weighted by Crippen LogP contribution is 2.31. The van der Waals surface area contributed by atoms with Gasteiger partial charge in [-0.25, -0.2) is 14.7 Å². The number of hydrogen-bond donors (Lipinski definition) is 4. The molecule has 1 amide bonds. The molecule has 1 aromatic carbocycles. The van der Waals surface area contributed by atoms with Crippen LogP contribution in [0.3, 0.4) is 0 Å². The number of hydrogen-bond acceptors (Lipinski definition) is 7. The van der Waals surface area contributed by atoms with E-state index in [1.54, 1.807) is 25.1 Å². The van der Waals surface area contributed by atoms with Crippen LogP contribution in [0.1, 0.15) is 24.2 Å². The molecule has 0 bridgehead atoms. The average molecular weight is 429 g/mol. The normalized spacial score (nSPS) is 11.6. The summed E-state index contributed by atoms with van der Waals surface area (Å²) in [6, 6.07) is 6.62. The predicted molar refractivity (Wildman–Crippen MR) is 108 cm³/mol. The van der Waals surface area contributed by atoms with Crippen molar-refractivity contribution >= 4 is 45.7 Å². The van der Waals surface area contributed by atoms with Gasteiger partial charge >= 0.3 is 0 Å². The number of hydroxylamine groups is 1. The van der Waals surface area contributed by atoms with Crippen LogP contribution in [0.15, 0.2) is 30.5 Å². The van der Waals surface area contributed by atoms with Gasteiger partial charge < -0.3 is 19.9 Å². The first-order chi connectivity index (χ1) is 13.4. The Labute approximate surface area is 170 Å². The number of benzene rings is 1. The number of amides is 1. The first-order valence-corrected chi connectivity index (χ1v) is 10.0. The number of nitrogens with one attached hydrogen (secondary N) is 3. The van der Waals surface area contributed by atoms with E-state index in [9.17, 15) is 9.00 Å². The van der Waals surface area contributed by atoms with E-state index in [1.165, 1.54) is 12.3 Å². The lowest BCUT2D eigenvalue weighted by molar-refractivity contribution is 0.0365. The van der Waals surface area contributed by atoms with E-state index < -0.39 is 17.0 Å². The minimum atomic E-state index is -2.04. The summed E-state index contributed by atoms with van der Waals surface area (Å²) in [6.45, 7) is 4.37. The van der Waals surface area contributed by atoms with Crippen molar-refractivity contribution in [1.82, 2.24) is 10.5 Å². The molecule has 1 aromatic heterocycles. The molecule has 0 aliphatic rings. The van der Waals surface area contributed by atoms with Crippen molar-refractivity contribution in [2.45, 2.75) is 13.8 Å². The maximum Gasteiger partial charge on any atom is 0.278 e. The fourth-order valence-corrected chi connectivity index (χ4v) is 2.66. The summed E-state index contributed by atoms with van der Waals surface area (Å²) in [5, 5.41) is 6.14. The van der Waals surface area contributed by atoms with Crippen molar-refractivity contribution < 1.29 is 23.1 Å². The second-order valence-electron chi connectivity index (χ2n) is 5.32. The lowest BCUT2D eigenvalue weighted by atomic mass is 10.2. The minimum absolute atomic E-state index is 0.182. The van der Waals surface area contributed by atoms with E-state index in [0.29, 0.717) is 36.0 Å². The smallest absolute Gasteiger partial charge is 0.278 e. The number of carbonyl (C=O) groups excluding carboxylic acids is 1. The maximum absolute atomic E-state index is 12.3. The van der Waals surface area contributed by atoms with Crippen LogP contribution in [0.25, 0.3) is 0 Å². The summed E-state index contributed by atoms with van der Waals surface area (Å²) in [5.41, 5.74) is 3.95. The number of aromatic nitrogens is 1. The van der Waals surface area contributed by atoms with Gasteiger partial charge in [-0.1, -0.05) is 11.6 Å². The van der Waals surface area contributed by atoms with E-state index >= 15 is 0 Å². The molecular weight excluding hydrogens is 408 g/mol. The molecule has 0 aliphatic heterocycles. The zero-order valence-corrected chi connectivity index (χ0v) is 16.9. The zero-order chi connectivity index (χ0) is 20.5. The van der Waals surface area contributed by atoms with Crippen molar-refractivity contribution in [3.05, 3.63) is 41.2 Å². The summed E-state index contributed by atoms with van der Waals surface area (Å²) < 4.78 is 25.6. The molecule has 0 aliphatic carbocycles. The fourth-order valence-electron chi connectivity index (χ4n) is 2.23. The molecule has 2 rings (SSSR count). The molecule has 0 spiro atoms. The second-order valence-corrected chi connectivity index (χ2v) is 6.64. The summed E-state index contributed by atoms with van der Waals surface area (Å²) in [5.74, 6) is -0.0919. The Hall–Kier alpha value is -2.40. The van der Waals surface area contributed by atoms with Crippen LogP contribution in [-0.4, -0.2) is 38.7 Å². The molecule has 0 radical (unpaired) electrons. The standard InChI is InChI=1S/C17H21ClN4O5S/c1-3-26-11-5-6-13(15(7-11)20-10-28(24)25)21-14-8-16(18)19-9-12(14)17(23)22-27-4-2/h5-9,20H,3-4,10H2,1-2H3,(H,19,21)(H,22,23)(H,24,25). The van der Waals surface area contributed by atoms with Crippen molar-refractivity contribution in [2.24, 2.45) is 0 Å². The molecule has 4 N–H and O–H groups in total. The van der Waals surface area contributed by atoms with Crippen LogP contribution in [-0.2, 0) is 15.9 Å². The van der Waals surface area contributed by atoms with Gasteiger partial charge in [-0.3, -0.25) is 9.63 Å². The first-order valence-electron chi connectivity index (χ1n) is 8.37. The van der Waals surface area contributed by atoms with Crippen LogP contribution in [0.4, 0.5) is 17.1 Å². The number of carbonyl (C=O) groups is 1. The topological polar surface area (TPSA) is 122 Å². The maximum atomic E-state index is 12.3. The Morgan fingerprint density at radius 1 is 1.21 bits per heavy atom. The van der Waals surface area contributed by atoms with Crippen LogP contribution in [0.5, 0.6) is 5.75 Å². The molecule has 28 heavy (non-hydrogen) atoms. The molecule has 0 fully saturated rings. The Balaban J connectivity index is 2.36. The molecule has 1 unspecified atom stereocenters. The number of halogens is 1. The third-order valence-corrected chi connectivity index (χ3v) is 3.98. The van der Waals surface area contributed by atoms with E-state index in [1.807, 2.05) is 6.92 Å². The van der Waals surface area contributed by atoms with Gasteiger partial charge in [0.2, 0.25) is 0 Å². The van der Waals surface area contributed by atoms with Crippen LogP contribution >= 0.6 is 11.6 Å². The lowest BCUT2D eigenvalue weighted by Crippen LogP contribution is -2.24. The summed E-state index contributed by atoms with van der Waals surface area (Å²) in [4.78, 5) is 21.2. The number of ether oxygens (including phenoxy) is 1. The highest BCUT2D eigenvalue weighted by atomic mass is 35.5. The van der Waals surface area contributed by atoms with E-state index in [2.05, 4.69) is 21.1 Å². The van der Waals surface area contributed by atoms with Crippen LogP contribution < -0.4 is 20.9 Å². The molecule has 1 atom stereocenters. The predicted octanol–water partition coefficient (Wildman–Crippen LogP) is 3.15. The van der Waals surface area contributed by atoms with Gasteiger partial charge in [0.05, 0.1) is 35.8 Å². The monoisotopic (exact) mass is 428 g/mol. The van der Waals surface area contributed by atoms with Crippen LogP contribution in [0.2, 0.25) is 5.15 Å². The third kappa shape index (κ3) is 6.34. The van der Waals surface area contributed by atoms with Crippen LogP contribution in [0, 0.1) is 0 Å². The molecule has 1 heterocycles. The molecule has 0 saturated carbocycles. The number of nitrogens with zero attached hydrogens (tertiary/aromatic N) is 1. The molecule has 0 saturated heterocycles. The average Bonchev–Trinajstić information content (AvgIpc) is 2.66. The highest BCUT2D eigenvalue weighted by Gasteiger charge is 2.15. The number of rotatable bonds is 10. The Kier molecular flexibility index (Phi) is 8.45. The molecule has 9 nitrogen and oxygen atoms in total. The van der Waals surface area contributed by atoms with Gasteiger partial charge in [-0.2, -0.15) is 0 Å². The number of anilines is 3. The van der Waals surface area contributed by atoms with Gasteiger partial charge in [-0.15, -0.1) is 0 Å². The fraction of sp³-hybridized carbons (Fsp3) is 0.294. The first kappa shape index (κ1) is 21.9. The van der Waals surface area contributed by atoms with Gasteiger partial charge in [0.25, 0.3) is 5.91 Å². The highest BCUT2D eigenvalue weighted by molar-refractivity contribution is 7.79. The van der Waals surface area contributed by atoms with Gasteiger partial charge in [0.1, 0.15) is 16.8 Å². The Morgan fingerprint density at radius 3 is 2.68 bits per heavy atom. The van der Waals surface area contributed by atoms with Crippen molar-refractivity contribution in [3.63, 3.8) is 0 Å². The summed E-state index contributed by atoms with van der Waals surface area (Å²) >= 11 is 3.94. The summed E-state index contributed by atoms with van der Waals surface area (Å²) in [6.07, 6.45) is 1.32. The van der Waals surface area contributed by atoms with E-state index in [0.717, 1.165) is 0 Å². The molecule has 152 valence electrons. The Morgan fingerprint density at radius 2 is 2.00 bits per heavy atom. The molecule has 11 heteroatoms. The van der Waals surface area contributed by atoms with E-state index in [-0.39, 0.29) is 16.6 Å². The zero-order valence-electron chi connectivity index (χ0n) is 15.3. The minimum Gasteiger partial charge on any atom is -0.494 e. The second kappa shape index (κ2) is 10.8. The quantitative estimate of drug-likeness (QED) is 0.258. The van der Waals surface area contributed by atoms with Gasteiger partial charge in [0.15, 0.2) is 11.1 Å². The van der Waals surface area contributed by atoms with E-state index in [4.69, 9.17) is 25.7 Å². The van der Waals surface area contributed by atoms with Gasteiger partial charge in [0, 0.05) is 12.3 Å². The Bertz CT molecular complexity index is 852. The van der Waals surface area contributed by atoms with Crippen molar-refractivity contribution in [1.29, 1.82) is 0 Å². The molecule has 2 aromatic rings. The third-order valence-electron chi connectivity index (χ3n) is 3.38. The van der Waals surface area contributed by atoms with Crippen molar-refractivity contribution in [3.8, 4) is 5.75 Å². The SMILES string of the molecule is CCONC(=O)c1cnc(Cl)cc1Nc1ccc(OCC)cc1NCS(=O)O. The summed E-state index contributed by atoms with van der Waals surface area (Å²) in [7, 11) is 0.